The largest absolute Gasteiger partial charge is 0.335 e. The van der Waals surface area contributed by atoms with Crippen molar-refractivity contribution < 1.29 is 18.0 Å². The Morgan fingerprint density at radius 1 is 0.909 bits per heavy atom. The third-order valence-corrected chi connectivity index (χ3v) is 8.33. The lowest BCUT2D eigenvalue weighted by Gasteiger charge is -2.37. The van der Waals surface area contributed by atoms with Crippen molar-refractivity contribution in [2.24, 2.45) is 5.92 Å². The highest BCUT2D eigenvalue weighted by Gasteiger charge is 2.39. The van der Waals surface area contributed by atoms with Crippen molar-refractivity contribution in [2.45, 2.75) is 108 Å². The third-order valence-electron chi connectivity index (χ3n) is 6.87. The molecular weight excluding hydrogens is 438 g/mol. The average molecular weight is 478 g/mol. The van der Waals surface area contributed by atoms with Crippen LogP contribution >= 0.6 is 0 Å². The molecule has 0 spiro atoms. The maximum absolute atomic E-state index is 13.8. The SMILES string of the molecule is Cc1ccc(S(=O)(=O)NC(C(=O)N(C(=O)NC2CCCCC2)C2CCCCC2)C(C)C)cc1. The van der Waals surface area contributed by atoms with Gasteiger partial charge in [0.2, 0.25) is 15.9 Å². The number of hydrogen-bond donors (Lipinski definition) is 2. The number of aryl methyl sites for hydroxylation is 1. The molecule has 0 radical (unpaired) electrons. The van der Waals surface area contributed by atoms with Gasteiger partial charge in [-0.25, -0.2) is 13.2 Å². The first-order valence-electron chi connectivity index (χ1n) is 12.4. The third kappa shape index (κ3) is 6.79. The van der Waals surface area contributed by atoms with Crippen LogP contribution in [-0.2, 0) is 14.8 Å². The number of urea groups is 1. The highest BCUT2D eigenvalue weighted by molar-refractivity contribution is 7.89. The molecule has 2 aliphatic rings. The van der Waals surface area contributed by atoms with Crippen LogP contribution in [0.15, 0.2) is 29.2 Å². The summed E-state index contributed by atoms with van der Waals surface area (Å²) in [5.41, 5.74) is 0.952. The van der Waals surface area contributed by atoms with E-state index in [1.807, 2.05) is 6.92 Å². The molecule has 2 saturated carbocycles. The molecule has 0 aromatic heterocycles. The Hall–Kier alpha value is -1.93. The lowest BCUT2D eigenvalue weighted by Crippen LogP contribution is -2.59. The number of nitrogens with one attached hydrogen (secondary N) is 2. The fourth-order valence-electron chi connectivity index (χ4n) is 4.85. The van der Waals surface area contributed by atoms with E-state index in [9.17, 15) is 18.0 Å². The molecule has 3 amide bonds. The minimum atomic E-state index is -3.91. The highest BCUT2D eigenvalue weighted by Crippen LogP contribution is 2.26. The molecule has 2 aliphatic carbocycles. The van der Waals surface area contributed by atoms with E-state index in [1.54, 1.807) is 26.0 Å². The molecule has 33 heavy (non-hydrogen) atoms. The molecule has 1 unspecified atom stereocenters. The number of carbonyl (C=O) groups excluding carboxylic acids is 2. The zero-order valence-electron chi connectivity index (χ0n) is 20.2. The fraction of sp³-hybridized carbons (Fsp3) is 0.680. The Morgan fingerprint density at radius 2 is 1.45 bits per heavy atom. The zero-order valence-corrected chi connectivity index (χ0v) is 21.0. The van der Waals surface area contributed by atoms with Gasteiger partial charge in [0, 0.05) is 12.1 Å². The Balaban J connectivity index is 1.83. The van der Waals surface area contributed by atoms with Gasteiger partial charge in [0.05, 0.1) is 4.90 Å². The number of carbonyl (C=O) groups is 2. The Labute approximate surface area is 198 Å². The lowest BCUT2D eigenvalue weighted by molar-refractivity contribution is -0.133. The summed E-state index contributed by atoms with van der Waals surface area (Å²) < 4.78 is 28.7. The Kier molecular flexibility index (Phi) is 8.93. The molecule has 7 nitrogen and oxygen atoms in total. The second kappa shape index (κ2) is 11.5. The van der Waals surface area contributed by atoms with E-state index in [-0.39, 0.29) is 28.9 Å². The predicted octanol–water partition coefficient (Wildman–Crippen LogP) is 4.50. The van der Waals surface area contributed by atoms with Gasteiger partial charge < -0.3 is 5.32 Å². The van der Waals surface area contributed by atoms with Gasteiger partial charge in [0.25, 0.3) is 0 Å². The van der Waals surface area contributed by atoms with Gasteiger partial charge >= 0.3 is 6.03 Å². The van der Waals surface area contributed by atoms with Crippen LogP contribution in [0.1, 0.15) is 83.6 Å². The smallest absolute Gasteiger partial charge is 0.324 e. The quantitative estimate of drug-likeness (QED) is 0.604. The van der Waals surface area contributed by atoms with Crippen molar-refractivity contribution in [1.82, 2.24) is 14.9 Å². The normalized spacial score (nSPS) is 19.3. The first kappa shape index (κ1) is 25.7. The molecule has 2 fully saturated rings. The molecule has 184 valence electrons. The van der Waals surface area contributed by atoms with Crippen molar-refractivity contribution in [1.29, 1.82) is 0 Å². The average Bonchev–Trinajstić information content (AvgIpc) is 2.79. The van der Waals surface area contributed by atoms with Crippen LogP contribution < -0.4 is 10.0 Å². The summed E-state index contributed by atoms with van der Waals surface area (Å²) in [5, 5.41) is 3.08. The van der Waals surface area contributed by atoms with Crippen LogP contribution in [0.5, 0.6) is 0 Å². The number of imide groups is 1. The van der Waals surface area contributed by atoms with E-state index in [1.165, 1.54) is 23.5 Å². The molecule has 1 aromatic carbocycles. The number of nitrogens with zero attached hydrogens (tertiary/aromatic N) is 1. The van der Waals surface area contributed by atoms with Crippen molar-refractivity contribution in [2.75, 3.05) is 0 Å². The summed E-state index contributed by atoms with van der Waals surface area (Å²) in [6, 6.07) is 5.02. The number of rotatable bonds is 7. The molecule has 1 atom stereocenters. The minimum absolute atomic E-state index is 0.0758. The van der Waals surface area contributed by atoms with Gasteiger partial charge in [-0.2, -0.15) is 4.72 Å². The fourth-order valence-corrected chi connectivity index (χ4v) is 6.19. The molecule has 3 rings (SSSR count). The van der Waals surface area contributed by atoms with Crippen LogP contribution in [0.2, 0.25) is 0 Å². The number of hydrogen-bond acceptors (Lipinski definition) is 4. The topological polar surface area (TPSA) is 95.6 Å². The highest BCUT2D eigenvalue weighted by atomic mass is 32.2. The van der Waals surface area contributed by atoms with E-state index < -0.39 is 22.0 Å². The van der Waals surface area contributed by atoms with E-state index in [4.69, 9.17) is 0 Å². The van der Waals surface area contributed by atoms with Crippen molar-refractivity contribution in [3.05, 3.63) is 29.8 Å². The van der Waals surface area contributed by atoms with Gasteiger partial charge in [-0.15, -0.1) is 0 Å². The summed E-state index contributed by atoms with van der Waals surface area (Å²) in [4.78, 5) is 28.6. The second-order valence-electron chi connectivity index (χ2n) is 9.94. The van der Waals surface area contributed by atoms with Gasteiger partial charge in [-0.1, -0.05) is 70.1 Å². The van der Waals surface area contributed by atoms with Crippen LogP contribution in [-0.4, -0.2) is 43.4 Å². The van der Waals surface area contributed by atoms with Crippen LogP contribution in [0.4, 0.5) is 4.79 Å². The van der Waals surface area contributed by atoms with Gasteiger partial charge in [-0.3, -0.25) is 9.69 Å². The van der Waals surface area contributed by atoms with Gasteiger partial charge in [0.15, 0.2) is 0 Å². The van der Waals surface area contributed by atoms with Crippen molar-refractivity contribution >= 4 is 22.0 Å². The summed E-state index contributed by atoms with van der Waals surface area (Å²) >= 11 is 0. The predicted molar refractivity (Wildman–Crippen MR) is 129 cm³/mol. The number of amides is 3. The van der Waals surface area contributed by atoms with E-state index in [0.717, 1.165) is 63.4 Å². The molecule has 0 aliphatic heterocycles. The minimum Gasteiger partial charge on any atom is -0.335 e. The molecule has 8 heteroatoms. The standard InChI is InChI=1S/C25H39N3O4S/c1-18(2)23(27-33(31,32)22-16-14-19(3)15-17-22)24(29)28(21-12-8-5-9-13-21)25(30)26-20-10-6-4-7-11-20/h14-18,20-21,23,27H,4-13H2,1-3H3,(H,26,30). The maximum atomic E-state index is 13.8. The molecular formula is C25H39N3O4S. The number of sulfonamides is 1. The molecule has 0 bridgehead atoms. The van der Waals surface area contributed by atoms with Gasteiger partial charge in [0.1, 0.15) is 6.04 Å². The van der Waals surface area contributed by atoms with Crippen molar-refractivity contribution in [3.63, 3.8) is 0 Å². The molecule has 0 heterocycles. The first-order chi connectivity index (χ1) is 15.7. The second-order valence-corrected chi connectivity index (χ2v) is 11.7. The molecule has 2 N–H and O–H groups in total. The van der Waals surface area contributed by atoms with E-state index >= 15 is 0 Å². The molecule has 1 aromatic rings. The maximum Gasteiger partial charge on any atom is 0.324 e. The monoisotopic (exact) mass is 477 g/mol. The van der Waals surface area contributed by atoms with E-state index in [0.29, 0.717) is 0 Å². The molecule has 0 saturated heterocycles. The van der Waals surface area contributed by atoms with Gasteiger partial charge in [-0.05, 0) is 50.7 Å². The first-order valence-corrected chi connectivity index (χ1v) is 13.9. The van der Waals surface area contributed by atoms with Crippen LogP contribution in [0.3, 0.4) is 0 Å². The lowest BCUT2D eigenvalue weighted by atomic mass is 9.92. The number of benzene rings is 1. The Bertz CT molecular complexity index is 902. The zero-order chi connectivity index (χ0) is 24.0. The Morgan fingerprint density at radius 3 is 2.00 bits per heavy atom. The van der Waals surface area contributed by atoms with Crippen molar-refractivity contribution in [3.8, 4) is 0 Å². The summed E-state index contributed by atoms with van der Waals surface area (Å²) in [6.07, 6.45) is 9.72. The summed E-state index contributed by atoms with van der Waals surface area (Å²) in [5.74, 6) is -0.771. The summed E-state index contributed by atoms with van der Waals surface area (Å²) in [7, 11) is -3.91. The summed E-state index contributed by atoms with van der Waals surface area (Å²) in [6.45, 7) is 5.49. The van der Waals surface area contributed by atoms with Crippen LogP contribution in [0, 0.1) is 12.8 Å². The van der Waals surface area contributed by atoms with E-state index in [2.05, 4.69) is 10.0 Å². The van der Waals surface area contributed by atoms with Crippen LogP contribution in [0.25, 0.3) is 0 Å².